The van der Waals surface area contributed by atoms with Crippen LogP contribution in [0.2, 0.25) is 0 Å². The maximum Gasteiger partial charge on any atom is 0.257 e. The number of piperazine rings is 1. The Morgan fingerprint density at radius 3 is 2.50 bits per heavy atom. The number of hydrogen-bond acceptors (Lipinski definition) is 8. The fourth-order valence-corrected chi connectivity index (χ4v) is 4.20. The van der Waals surface area contributed by atoms with E-state index in [2.05, 4.69) is 69.9 Å². The Hall–Kier alpha value is -4.11. The fourth-order valence-electron chi connectivity index (χ4n) is 4.20. The predicted octanol–water partition coefficient (Wildman–Crippen LogP) is 4.33. The first-order valence-electron chi connectivity index (χ1n) is 12.7. The lowest BCUT2D eigenvalue weighted by Crippen LogP contribution is -2.44. The fraction of sp³-hybridized carbons (Fsp3) is 0.345. The lowest BCUT2D eigenvalue weighted by Gasteiger charge is -2.33. The normalized spacial score (nSPS) is 15.4. The minimum absolute atomic E-state index is 0.164. The van der Waals surface area contributed by atoms with E-state index in [0.717, 1.165) is 54.0 Å². The minimum Gasteiger partial charge on any atom is -0.364 e. The summed E-state index contributed by atoms with van der Waals surface area (Å²) >= 11 is 0. The number of anilines is 2. The quantitative estimate of drug-likeness (QED) is 0.457. The molecular formula is C29H36N8O. The van der Waals surface area contributed by atoms with E-state index in [-0.39, 0.29) is 11.4 Å². The Labute approximate surface area is 224 Å². The molecule has 1 aliphatic rings. The van der Waals surface area contributed by atoms with E-state index >= 15 is 0 Å². The van der Waals surface area contributed by atoms with Crippen LogP contribution in [0.1, 0.15) is 43.6 Å². The number of amides is 1. The lowest BCUT2D eigenvalue weighted by molar-refractivity contribution is 0.102. The highest BCUT2D eigenvalue weighted by atomic mass is 16.1. The van der Waals surface area contributed by atoms with Crippen molar-refractivity contribution >= 4 is 40.7 Å². The first kappa shape index (κ1) is 26.9. The molecule has 9 heteroatoms. The molecule has 0 spiro atoms. The Morgan fingerprint density at radius 2 is 1.79 bits per heavy atom. The van der Waals surface area contributed by atoms with E-state index in [1.54, 1.807) is 24.7 Å². The molecule has 9 nitrogen and oxygen atoms in total. The largest absolute Gasteiger partial charge is 0.364 e. The molecule has 2 N–H and O–H groups in total. The van der Waals surface area contributed by atoms with Crippen molar-refractivity contribution in [2.45, 2.75) is 33.2 Å². The molecule has 4 rings (SSSR count). The van der Waals surface area contributed by atoms with Gasteiger partial charge in [0.2, 0.25) is 0 Å². The van der Waals surface area contributed by atoms with Gasteiger partial charge in [0.25, 0.3) is 5.91 Å². The maximum absolute atomic E-state index is 13.1. The van der Waals surface area contributed by atoms with Crippen LogP contribution in [-0.2, 0) is 0 Å². The van der Waals surface area contributed by atoms with Crippen molar-refractivity contribution in [3.63, 3.8) is 0 Å². The molecule has 1 aromatic carbocycles. The molecule has 2 aromatic heterocycles. The van der Waals surface area contributed by atoms with E-state index in [1.165, 1.54) is 0 Å². The number of carbonyl (C=O) groups is 1. The van der Waals surface area contributed by atoms with E-state index < -0.39 is 0 Å². The van der Waals surface area contributed by atoms with Gasteiger partial charge in [0.15, 0.2) is 0 Å². The first-order valence-corrected chi connectivity index (χ1v) is 12.7. The number of likely N-dealkylation sites (N-methyl/N-ethyl adjacent to an activating group) is 1. The van der Waals surface area contributed by atoms with Crippen LogP contribution in [-0.4, -0.2) is 72.0 Å². The predicted molar refractivity (Wildman–Crippen MR) is 156 cm³/mol. The van der Waals surface area contributed by atoms with Gasteiger partial charge in [-0.05, 0) is 76.7 Å². The van der Waals surface area contributed by atoms with Crippen LogP contribution >= 0.6 is 0 Å². The molecule has 198 valence electrons. The Kier molecular flexibility index (Phi) is 8.16. The third-order valence-corrected chi connectivity index (χ3v) is 6.22. The summed E-state index contributed by atoms with van der Waals surface area (Å²) in [6.45, 7) is 15.4. The zero-order chi connectivity index (χ0) is 27.3. The number of hydrogen-bond donors (Lipinski definition) is 2. The van der Waals surface area contributed by atoms with Gasteiger partial charge in [-0.25, -0.2) is 15.0 Å². The molecule has 0 aliphatic carbocycles. The number of pyridine rings is 2. The van der Waals surface area contributed by atoms with Gasteiger partial charge >= 0.3 is 0 Å². The molecule has 0 atom stereocenters. The monoisotopic (exact) mass is 512 g/mol. The van der Waals surface area contributed by atoms with Gasteiger partial charge in [0, 0.05) is 60.8 Å². The Bertz CT molecular complexity index is 1380. The SMILES string of the molecule is C=N/C=C(\N=C(/C)c1ccc2cnc(NC(=O)c3ccnc(N4CCN(C)CC4)c3)cc2c1)NC(C)(C)C. The van der Waals surface area contributed by atoms with Crippen molar-refractivity contribution < 1.29 is 4.79 Å². The van der Waals surface area contributed by atoms with Gasteiger partial charge in [0.05, 0.1) is 6.20 Å². The molecule has 1 saturated heterocycles. The van der Waals surface area contributed by atoms with Crippen LogP contribution in [0, 0.1) is 0 Å². The van der Waals surface area contributed by atoms with Gasteiger partial charge in [-0.15, -0.1) is 0 Å². The third kappa shape index (κ3) is 7.01. The summed E-state index contributed by atoms with van der Waals surface area (Å²) in [7, 11) is 2.11. The van der Waals surface area contributed by atoms with Crippen molar-refractivity contribution in [3.05, 3.63) is 71.9 Å². The van der Waals surface area contributed by atoms with Gasteiger partial charge < -0.3 is 20.4 Å². The molecule has 38 heavy (non-hydrogen) atoms. The Morgan fingerprint density at radius 1 is 1.03 bits per heavy atom. The molecule has 3 heterocycles. The van der Waals surface area contributed by atoms with Crippen molar-refractivity contribution in [1.82, 2.24) is 20.2 Å². The van der Waals surface area contributed by atoms with Crippen molar-refractivity contribution in [2.24, 2.45) is 9.98 Å². The number of aromatic nitrogens is 2. The zero-order valence-electron chi connectivity index (χ0n) is 22.8. The smallest absolute Gasteiger partial charge is 0.257 e. The molecule has 0 unspecified atom stereocenters. The summed E-state index contributed by atoms with van der Waals surface area (Å²) in [5, 5.41) is 8.20. The number of fused-ring (bicyclic) bond motifs is 1. The van der Waals surface area contributed by atoms with E-state index in [0.29, 0.717) is 17.2 Å². The average Bonchev–Trinajstić information content (AvgIpc) is 2.88. The summed E-state index contributed by atoms with van der Waals surface area (Å²) in [6, 6.07) is 11.5. The summed E-state index contributed by atoms with van der Waals surface area (Å²) in [5.41, 5.74) is 2.17. The minimum atomic E-state index is -0.219. The van der Waals surface area contributed by atoms with Crippen LogP contribution in [0.4, 0.5) is 11.6 Å². The van der Waals surface area contributed by atoms with Gasteiger partial charge in [-0.3, -0.25) is 9.79 Å². The average molecular weight is 513 g/mol. The summed E-state index contributed by atoms with van der Waals surface area (Å²) in [5.74, 6) is 1.72. The molecular weight excluding hydrogens is 476 g/mol. The third-order valence-electron chi connectivity index (χ3n) is 6.22. The maximum atomic E-state index is 13.1. The molecule has 1 fully saturated rings. The molecule has 1 amide bonds. The number of rotatable bonds is 7. The van der Waals surface area contributed by atoms with Crippen molar-refractivity contribution in [3.8, 4) is 0 Å². The standard InChI is InChI=1S/C29H36N8O/c1-20(33-26(19-30-5)35-29(2,3)4)21-7-8-23-18-32-25(16-24(23)15-21)34-28(38)22-9-10-31-27(17-22)37-13-11-36(6)12-14-37/h7-10,15-19,35H,5,11-14H2,1-4,6H3,(H,32,34,38)/b26-19+,33-20+. The lowest BCUT2D eigenvalue weighted by atomic mass is 10.1. The number of aliphatic imine (C=N–C) groups is 2. The molecule has 0 radical (unpaired) electrons. The second-order valence-electron chi connectivity index (χ2n) is 10.5. The summed E-state index contributed by atoms with van der Waals surface area (Å²) in [4.78, 5) is 35.1. The topological polar surface area (TPSA) is 98.1 Å². The second-order valence-corrected chi connectivity index (χ2v) is 10.5. The molecule has 0 saturated carbocycles. The zero-order valence-corrected chi connectivity index (χ0v) is 22.8. The van der Waals surface area contributed by atoms with Crippen LogP contribution in [0.5, 0.6) is 0 Å². The Balaban J connectivity index is 1.53. The summed E-state index contributed by atoms with van der Waals surface area (Å²) < 4.78 is 0. The van der Waals surface area contributed by atoms with Crippen LogP contribution < -0.4 is 15.5 Å². The van der Waals surface area contributed by atoms with E-state index in [9.17, 15) is 4.79 Å². The highest BCUT2D eigenvalue weighted by molar-refractivity contribution is 6.06. The second kappa shape index (κ2) is 11.5. The van der Waals surface area contributed by atoms with E-state index in [1.807, 2.05) is 37.3 Å². The first-order chi connectivity index (χ1) is 18.1. The van der Waals surface area contributed by atoms with Gasteiger partial charge in [-0.2, -0.15) is 0 Å². The van der Waals surface area contributed by atoms with Crippen LogP contribution in [0.3, 0.4) is 0 Å². The molecule has 0 bridgehead atoms. The highest BCUT2D eigenvalue weighted by Crippen LogP contribution is 2.21. The van der Waals surface area contributed by atoms with Crippen molar-refractivity contribution in [2.75, 3.05) is 43.4 Å². The summed E-state index contributed by atoms with van der Waals surface area (Å²) in [6.07, 6.45) is 5.06. The number of nitrogens with one attached hydrogen (secondary N) is 2. The van der Waals surface area contributed by atoms with Gasteiger partial charge in [0.1, 0.15) is 17.5 Å². The van der Waals surface area contributed by atoms with Crippen LogP contribution in [0.25, 0.3) is 10.8 Å². The van der Waals surface area contributed by atoms with E-state index in [4.69, 9.17) is 4.99 Å². The van der Waals surface area contributed by atoms with Crippen molar-refractivity contribution in [1.29, 1.82) is 0 Å². The number of carbonyl (C=O) groups excluding carboxylic acids is 1. The molecule has 1 aliphatic heterocycles. The highest BCUT2D eigenvalue weighted by Gasteiger charge is 2.17. The number of nitrogens with zero attached hydrogens (tertiary/aromatic N) is 6. The van der Waals surface area contributed by atoms with Crippen LogP contribution in [0.15, 0.2) is 70.8 Å². The number of benzene rings is 1. The molecule has 3 aromatic rings. The van der Waals surface area contributed by atoms with Gasteiger partial charge in [-0.1, -0.05) is 12.1 Å².